The number of hydrogen-bond acceptors (Lipinski definition) is 3. The number of sulfone groups is 1. The van der Waals surface area contributed by atoms with Crippen molar-refractivity contribution < 1.29 is 13.2 Å². The molecule has 2 aliphatic rings. The number of rotatable bonds is 4. The molecule has 5 heteroatoms. The molecule has 1 aromatic rings. The topological polar surface area (TPSA) is 63.2 Å². The van der Waals surface area contributed by atoms with Crippen LogP contribution >= 0.6 is 0 Å². The Morgan fingerprint density at radius 1 is 1.29 bits per heavy atom. The molecule has 3 rings (SSSR count). The Balaban J connectivity index is 1.62. The van der Waals surface area contributed by atoms with Crippen LogP contribution in [0.25, 0.3) is 0 Å². The molecule has 0 spiro atoms. The van der Waals surface area contributed by atoms with Gasteiger partial charge in [-0.1, -0.05) is 12.5 Å². The normalized spacial score (nSPS) is 27.8. The predicted octanol–water partition coefficient (Wildman–Crippen LogP) is 2.85. The van der Waals surface area contributed by atoms with E-state index in [2.05, 4.69) is 5.32 Å². The maximum absolute atomic E-state index is 12.1. The Hall–Kier alpha value is -1.36. The van der Waals surface area contributed by atoms with E-state index in [1.54, 1.807) is 18.2 Å². The van der Waals surface area contributed by atoms with E-state index < -0.39 is 9.84 Å². The van der Waals surface area contributed by atoms with E-state index >= 15 is 0 Å². The summed E-state index contributed by atoms with van der Waals surface area (Å²) in [5, 5.41) is 2.84. The van der Waals surface area contributed by atoms with Crippen LogP contribution in [0, 0.1) is 17.8 Å². The largest absolute Gasteiger partial charge is 0.326 e. The monoisotopic (exact) mass is 307 g/mol. The van der Waals surface area contributed by atoms with Crippen LogP contribution in [-0.2, 0) is 14.6 Å². The number of carbonyl (C=O) groups excluding carboxylic acids is 1. The summed E-state index contributed by atoms with van der Waals surface area (Å²) in [5.74, 6) is 2.07. The number of amides is 1. The van der Waals surface area contributed by atoms with Gasteiger partial charge in [0.2, 0.25) is 5.91 Å². The highest BCUT2D eigenvalue weighted by Crippen LogP contribution is 2.49. The Morgan fingerprint density at radius 2 is 2.10 bits per heavy atom. The van der Waals surface area contributed by atoms with Crippen molar-refractivity contribution in [2.24, 2.45) is 17.8 Å². The number of fused-ring (bicyclic) bond motifs is 2. The molecule has 2 saturated carbocycles. The van der Waals surface area contributed by atoms with E-state index in [9.17, 15) is 13.2 Å². The van der Waals surface area contributed by atoms with Crippen molar-refractivity contribution in [1.82, 2.24) is 0 Å². The molecular weight excluding hydrogens is 286 g/mol. The zero-order valence-electron chi connectivity index (χ0n) is 12.2. The highest BCUT2D eigenvalue weighted by atomic mass is 32.2. The molecule has 2 bridgehead atoms. The van der Waals surface area contributed by atoms with Crippen LogP contribution < -0.4 is 5.32 Å². The lowest BCUT2D eigenvalue weighted by molar-refractivity contribution is -0.117. The Morgan fingerprint density at radius 3 is 2.71 bits per heavy atom. The third-order valence-electron chi connectivity index (χ3n) is 4.88. The standard InChI is InChI=1S/C16H21NO3S/c1-21(19,20)15-4-2-3-14(10-15)17-16(18)9-13-8-11-5-6-12(13)7-11/h2-4,10-13H,5-9H2,1H3,(H,17,18)/t11-,12-,13-/m1/s1. The Bertz CT molecular complexity index is 653. The summed E-state index contributed by atoms with van der Waals surface area (Å²) in [5.41, 5.74) is 0.561. The smallest absolute Gasteiger partial charge is 0.224 e. The van der Waals surface area contributed by atoms with Crippen LogP contribution in [0.5, 0.6) is 0 Å². The number of carbonyl (C=O) groups is 1. The van der Waals surface area contributed by atoms with Gasteiger partial charge in [0.15, 0.2) is 9.84 Å². The van der Waals surface area contributed by atoms with E-state index in [4.69, 9.17) is 0 Å². The van der Waals surface area contributed by atoms with Crippen molar-refractivity contribution >= 4 is 21.4 Å². The zero-order valence-corrected chi connectivity index (χ0v) is 13.0. The van der Waals surface area contributed by atoms with Crippen molar-refractivity contribution in [1.29, 1.82) is 0 Å². The minimum Gasteiger partial charge on any atom is -0.326 e. The first-order valence-corrected chi connectivity index (χ1v) is 9.41. The molecule has 3 atom stereocenters. The van der Waals surface area contributed by atoms with E-state index in [1.165, 1.54) is 38.0 Å². The van der Waals surface area contributed by atoms with Crippen LogP contribution in [-0.4, -0.2) is 20.6 Å². The lowest BCUT2D eigenvalue weighted by Gasteiger charge is -2.20. The zero-order chi connectivity index (χ0) is 15.0. The van der Waals surface area contributed by atoms with E-state index in [1.807, 2.05) is 0 Å². The van der Waals surface area contributed by atoms with E-state index in [0.717, 1.165) is 11.8 Å². The molecule has 2 aliphatic carbocycles. The van der Waals surface area contributed by atoms with Crippen molar-refractivity contribution in [3.63, 3.8) is 0 Å². The van der Waals surface area contributed by atoms with Crippen molar-refractivity contribution in [2.45, 2.75) is 37.0 Å². The molecule has 1 N–H and O–H groups in total. The van der Waals surface area contributed by atoms with Gasteiger partial charge >= 0.3 is 0 Å². The number of hydrogen-bond donors (Lipinski definition) is 1. The first kappa shape index (κ1) is 14.6. The molecule has 0 unspecified atom stereocenters. The second kappa shape index (κ2) is 5.44. The molecular formula is C16H21NO3S. The second-order valence-electron chi connectivity index (χ2n) is 6.49. The van der Waals surface area contributed by atoms with Crippen LogP contribution in [0.4, 0.5) is 5.69 Å². The summed E-state index contributed by atoms with van der Waals surface area (Å²) in [4.78, 5) is 12.4. The number of benzene rings is 1. The molecule has 2 fully saturated rings. The Kier molecular flexibility index (Phi) is 3.78. The predicted molar refractivity (Wildman–Crippen MR) is 81.7 cm³/mol. The van der Waals surface area contributed by atoms with Gasteiger partial charge in [0, 0.05) is 18.4 Å². The molecule has 0 aliphatic heterocycles. The van der Waals surface area contributed by atoms with Gasteiger partial charge in [-0.3, -0.25) is 4.79 Å². The maximum Gasteiger partial charge on any atom is 0.224 e. The van der Waals surface area contributed by atoms with Crippen LogP contribution in [0.3, 0.4) is 0 Å². The van der Waals surface area contributed by atoms with Gasteiger partial charge in [-0.25, -0.2) is 8.42 Å². The van der Waals surface area contributed by atoms with Gasteiger partial charge in [-0.05, 0) is 55.2 Å². The second-order valence-corrected chi connectivity index (χ2v) is 8.50. The summed E-state index contributed by atoms with van der Waals surface area (Å²) in [6, 6.07) is 6.45. The summed E-state index contributed by atoms with van der Waals surface area (Å²) >= 11 is 0. The average molecular weight is 307 g/mol. The van der Waals surface area contributed by atoms with Crippen LogP contribution in [0.2, 0.25) is 0 Å². The lowest BCUT2D eigenvalue weighted by atomic mass is 9.86. The minimum atomic E-state index is -3.24. The van der Waals surface area contributed by atoms with Crippen molar-refractivity contribution in [3.8, 4) is 0 Å². The maximum atomic E-state index is 12.1. The van der Waals surface area contributed by atoms with E-state index in [0.29, 0.717) is 18.0 Å². The fourth-order valence-corrected chi connectivity index (χ4v) is 4.55. The number of anilines is 1. The van der Waals surface area contributed by atoms with E-state index in [-0.39, 0.29) is 10.8 Å². The molecule has 0 heterocycles. The van der Waals surface area contributed by atoms with Gasteiger partial charge in [0.05, 0.1) is 4.90 Å². The highest BCUT2D eigenvalue weighted by Gasteiger charge is 2.40. The fourth-order valence-electron chi connectivity index (χ4n) is 3.88. The fraction of sp³-hybridized carbons (Fsp3) is 0.562. The van der Waals surface area contributed by atoms with Gasteiger partial charge in [0.25, 0.3) is 0 Å². The number of nitrogens with one attached hydrogen (secondary N) is 1. The molecule has 21 heavy (non-hydrogen) atoms. The quantitative estimate of drug-likeness (QED) is 0.930. The SMILES string of the molecule is CS(=O)(=O)c1cccc(NC(=O)C[C@H]2C[C@@H]3CC[C@@H]2C3)c1. The molecule has 0 saturated heterocycles. The molecule has 0 aromatic heterocycles. The van der Waals surface area contributed by atoms with Crippen molar-refractivity contribution in [2.75, 3.05) is 11.6 Å². The summed E-state index contributed by atoms with van der Waals surface area (Å²) in [6.45, 7) is 0. The molecule has 4 nitrogen and oxygen atoms in total. The first-order valence-electron chi connectivity index (χ1n) is 7.52. The van der Waals surface area contributed by atoms with Gasteiger partial charge in [0.1, 0.15) is 0 Å². The Labute approximate surface area is 125 Å². The minimum absolute atomic E-state index is 0.00167. The lowest BCUT2D eigenvalue weighted by Crippen LogP contribution is -2.20. The molecule has 1 aromatic carbocycles. The van der Waals surface area contributed by atoms with Gasteiger partial charge < -0.3 is 5.32 Å². The molecule has 0 radical (unpaired) electrons. The highest BCUT2D eigenvalue weighted by molar-refractivity contribution is 7.90. The average Bonchev–Trinajstić information content (AvgIpc) is 3.00. The van der Waals surface area contributed by atoms with Gasteiger partial charge in [-0.15, -0.1) is 0 Å². The van der Waals surface area contributed by atoms with Gasteiger partial charge in [-0.2, -0.15) is 0 Å². The summed E-state index contributed by atoms with van der Waals surface area (Å²) < 4.78 is 23.0. The van der Waals surface area contributed by atoms with Crippen molar-refractivity contribution in [3.05, 3.63) is 24.3 Å². The molecule has 1 amide bonds. The summed E-state index contributed by atoms with van der Waals surface area (Å²) in [6.07, 6.45) is 6.81. The summed E-state index contributed by atoms with van der Waals surface area (Å²) in [7, 11) is -3.24. The third-order valence-corrected chi connectivity index (χ3v) is 5.99. The third kappa shape index (κ3) is 3.28. The van der Waals surface area contributed by atoms with Crippen LogP contribution in [0.15, 0.2) is 29.2 Å². The first-order chi connectivity index (χ1) is 9.91. The van der Waals surface area contributed by atoms with Crippen LogP contribution in [0.1, 0.15) is 32.1 Å². The molecule has 114 valence electrons.